The number of nitrogens with one attached hydrogen (secondary N) is 1. The Labute approximate surface area is 109 Å². The average molecular weight is 268 g/mol. The summed E-state index contributed by atoms with van der Waals surface area (Å²) in [6.07, 6.45) is 4.93. The predicted molar refractivity (Wildman–Crippen MR) is 70.6 cm³/mol. The Kier molecular flexibility index (Phi) is 4.70. The quantitative estimate of drug-likeness (QED) is 0.654. The first-order chi connectivity index (χ1) is 8.77. The summed E-state index contributed by atoms with van der Waals surface area (Å²) < 4.78 is 18.0. The smallest absolute Gasteiger partial charge is 0.301 e. The Bertz CT molecular complexity index is 385. The molecule has 1 aromatic carbocycles. The fourth-order valence-electron chi connectivity index (χ4n) is 2.31. The first kappa shape index (κ1) is 13.5. The van der Waals surface area contributed by atoms with E-state index >= 15 is 0 Å². The van der Waals surface area contributed by atoms with E-state index in [0.717, 1.165) is 25.7 Å². The molecule has 1 aliphatic rings. The lowest BCUT2D eigenvalue weighted by Gasteiger charge is -2.26. The van der Waals surface area contributed by atoms with Crippen LogP contribution in [-0.4, -0.2) is 12.4 Å². The van der Waals surface area contributed by atoms with Crippen molar-refractivity contribution in [2.45, 2.75) is 37.4 Å². The zero-order chi connectivity index (χ0) is 12.8. The Morgan fingerprint density at radius 2 is 1.83 bits per heavy atom. The Morgan fingerprint density at radius 1 is 1.17 bits per heavy atom. The molecule has 0 spiro atoms. The Hall–Kier alpha value is -0.960. The van der Waals surface area contributed by atoms with Gasteiger partial charge in [-0.25, -0.2) is 0 Å². The van der Waals surface area contributed by atoms with Gasteiger partial charge in [0.2, 0.25) is 0 Å². The fraction of sp³-hybridized carbons (Fsp3) is 0.538. The monoisotopic (exact) mass is 268 g/mol. The molecule has 1 aromatic rings. The molecule has 4 nitrogen and oxygen atoms in total. The summed E-state index contributed by atoms with van der Waals surface area (Å²) in [5.41, 5.74) is 2.91. The standard InChI is InChI=1S/C13H19NO3P/c1-16-14-13(10-6-3-7-11-13)18(15)17-12-8-4-2-5-9-12/h2,4-5,8-9,14H,3,6-7,10-11H2,1H3/q+1. The van der Waals surface area contributed by atoms with Crippen molar-refractivity contribution in [3.05, 3.63) is 30.3 Å². The summed E-state index contributed by atoms with van der Waals surface area (Å²) in [7, 11) is -0.294. The van der Waals surface area contributed by atoms with Crippen molar-refractivity contribution >= 4 is 8.03 Å². The maximum absolute atomic E-state index is 12.5. The molecule has 1 N–H and O–H groups in total. The second-order valence-electron chi connectivity index (χ2n) is 4.56. The van der Waals surface area contributed by atoms with Crippen molar-refractivity contribution in [3.8, 4) is 5.75 Å². The number of benzene rings is 1. The van der Waals surface area contributed by atoms with Gasteiger partial charge in [0, 0.05) is 12.8 Å². The molecule has 0 aromatic heterocycles. The highest BCUT2D eigenvalue weighted by molar-refractivity contribution is 7.41. The van der Waals surface area contributed by atoms with Crippen LogP contribution >= 0.6 is 8.03 Å². The summed E-state index contributed by atoms with van der Waals surface area (Å²) in [5.74, 6) is 0.640. The first-order valence-corrected chi connectivity index (χ1v) is 7.45. The molecule has 0 bridgehead atoms. The maximum Gasteiger partial charge on any atom is 0.580 e. The van der Waals surface area contributed by atoms with E-state index in [1.807, 2.05) is 30.3 Å². The van der Waals surface area contributed by atoms with Crippen molar-refractivity contribution < 1.29 is 13.9 Å². The first-order valence-electron chi connectivity index (χ1n) is 6.27. The van der Waals surface area contributed by atoms with Crippen LogP contribution in [0, 0.1) is 0 Å². The molecule has 18 heavy (non-hydrogen) atoms. The number of hydrogen-bond acceptors (Lipinski definition) is 4. The number of hydrogen-bond donors (Lipinski definition) is 1. The molecule has 1 aliphatic carbocycles. The van der Waals surface area contributed by atoms with Gasteiger partial charge in [0.05, 0.1) is 7.11 Å². The summed E-state index contributed by atoms with van der Waals surface area (Å²) in [6, 6.07) is 9.28. The maximum atomic E-state index is 12.5. The summed E-state index contributed by atoms with van der Waals surface area (Å²) >= 11 is 0. The molecule has 1 atom stereocenters. The van der Waals surface area contributed by atoms with Gasteiger partial charge < -0.3 is 4.84 Å². The lowest BCUT2D eigenvalue weighted by atomic mass is 9.95. The van der Waals surface area contributed by atoms with Gasteiger partial charge in [-0.1, -0.05) is 24.6 Å². The molecule has 1 saturated carbocycles. The van der Waals surface area contributed by atoms with Crippen LogP contribution in [0.2, 0.25) is 0 Å². The van der Waals surface area contributed by atoms with Crippen LogP contribution in [0.5, 0.6) is 5.75 Å². The van der Waals surface area contributed by atoms with Gasteiger partial charge in [-0.3, -0.25) is 4.52 Å². The van der Waals surface area contributed by atoms with E-state index in [4.69, 9.17) is 9.36 Å². The molecular formula is C13H19NO3P+. The molecule has 0 heterocycles. The van der Waals surface area contributed by atoms with Crippen LogP contribution in [-0.2, 0) is 9.40 Å². The third-order valence-corrected chi connectivity index (χ3v) is 4.87. The van der Waals surface area contributed by atoms with Crippen LogP contribution in [0.3, 0.4) is 0 Å². The second-order valence-corrected chi connectivity index (χ2v) is 6.11. The van der Waals surface area contributed by atoms with Gasteiger partial charge in [-0.2, -0.15) is 0 Å². The number of para-hydroxylation sites is 1. The van der Waals surface area contributed by atoms with E-state index in [1.165, 1.54) is 6.42 Å². The highest BCUT2D eigenvalue weighted by Gasteiger charge is 2.53. The van der Waals surface area contributed by atoms with Crippen LogP contribution < -0.4 is 10.0 Å². The van der Waals surface area contributed by atoms with Crippen LogP contribution in [0.25, 0.3) is 0 Å². The predicted octanol–water partition coefficient (Wildman–Crippen LogP) is 3.62. The molecule has 0 saturated heterocycles. The lowest BCUT2D eigenvalue weighted by Crippen LogP contribution is -2.43. The largest absolute Gasteiger partial charge is 0.580 e. The fourth-order valence-corrected chi connectivity index (χ4v) is 3.65. The Balaban J connectivity index is 2.08. The third kappa shape index (κ3) is 3.08. The SMILES string of the molecule is CONC1([P+](=O)Oc2ccccc2)CCCCC1. The summed E-state index contributed by atoms with van der Waals surface area (Å²) in [5, 5.41) is -0.543. The molecular weight excluding hydrogens is 249 g/mol. The van der Waals surface area contributed by atoms with E-state index in [2.05, 4.69) is 5.48 Å². The van der Waals surface area contributed by atoms with Gasteiger partial charge in [0.1, 0.15) is 0 Å². The highest BCUT2D eigenvalue weighted by Crippen LogP contribution is 2.47. The van der Waals surface area contributed by atoms with Crippen LogP contribution in [0.1, 0.15) is 32.1 Å². The van der Waals surface area contributed by atoms with Crippen molar-refractivity contribution in [2.75, 3.05) is 7.11 Å². The van der Waals surface area contributed by atoms with Crippen molar-refractivity contribution in [1.29, 1.82) is 0 Å². The van der Waals surface area contributed by atoms with Gasteiger partial charge in [0.25, 0.3) is 5.28 Å². The minimum absolute atomic E-state index is 0.543. The molecule has 2 rings (SSSR count). The number of hydroxylamine groups is 1. The summed E-state index contributed by atoms with van der Waals surface area (Å²) in [4.78, 5) is 5.03. The molecule has 0 radical (unpaired) electrons. The van der Waals surface area contributed by atoms with Gasteiger partial charge in [-0.05, 0) is 29.5 Å². The molecule has 1 fully saturated rings. The van der Waals surface area contributed by atoms with E-state index in [9.17, 15) is 4.57 Å². The normalized spacial score (nSPS) is 19.3. The average Bonchev–Trinajstić information content (AvgIpc) is 2.41. The third-order valence-electron chi connectivity index (χ3n) is 3.25. The Morgan fingerprint density at radius 3 is 2.44 bits per heavy atom. The van der Waals surface area contributed by atoms with E-state index in [0.29, 0.717) is 5.75 Å². The second kappa shape index (κ2) is 6.28. The van der Waals surface area contributed by atoms with Crippen molar-refractivity contribution in [3.63, 3.8) is 0 Å². The minimum Gasteiger partial charge on any atom is -0.301 e. The van der Waals surface area contributed by atoms with E-state index in [1.54, 1.807) is 7.11 Å². The number of rotatable bonds is 5. The van der Waals surface area contributed by atoms with Crippen molar-refractivity contribution in [1.82, 2.24) is 5.48 Å². The molecule has 0 amide bonds. The van der Waals surface area contributed by atoms with Gasteiger partial charge >= 0.3 is 8.03 Å². The van der Waals surface area contributed by atoms with Crippen LogP contribution in [0.4, 0.5) is 0 Å². The van der Waals surface area contributed by atoms with Gasteiger partial charge in [0.15, 0.2) is 5.75 Å². The molecule has 0 aliphatic heterocycles. The zero-order valence-electron chi connectivity index (χ0n) is 10.6. The highest BCUT2D eigenvalue weighted by atomic mass is 31.1. The molecule has 98 valence electrons. The summed E-state index contributed by atoms with van der Waals surface area (Å²) in [6.45, 7) is 0. The molecule has 1 unspecified atom stereocenters. The van der Waals surface area contributed by atoms with Crippen molar-refractivity contribution in [2.24, 2.45) is 0 Å². The van der Waals surface area contributed by atoms with Gasteiger partial charge in [-0.15, -0.1) is 5.48 Å². The lowest BCUT2D eigenvalue weighted by molar-refractivity contribution is 0.0285. The minimum atomic E-state index is -1.85. The zero-order valence-corrected chi connectivity index (χ0v) is 11.5. The van der Waals surface area contributed by atoms with E-state index < -0.39 is 13.3 Å². The topological polar surface area (TPSA) is 47.6 Å². The molecule has 5 heteroatoms. The van der Waals surface area contributed by atoms with E-state index in [-0.39, 0.29) is 0 Å². The van der Waals surface area contributed by atoms with Crippen LogP contribution in [0.15, 0.2) is 30.3 Å².